The van der Waals surface area contributed by atoms with Crippen LogP contribution in [0.3, 0.4) is 0 Å². The number of nitrogens with zero attached hydrogens (tertiary/aromatic N) is 2. The number of aromatic nitrogens is 3. The van der Waals surface area contributed by atoms with E-state index in [1.165, 1.54) is 11.3 Å². The fourth-order valence-electron chi connectivity index (χ4n) is 1.99. The van der Waals surface area contributed by atoms with Crippen LogP contribution < -0.4 is 10.9 Å². The first-order chi connectivity index (χ1) is 10.3. The van der Waals surface area contributed by atoms with E-state index in [2.05, 4.69) is 20.3 Å². The summed E-state index contributed by atoms with van der Waals surface area (Å²) in [6, 6.07) is 0. The van der Waals surface area contributed by atoms with Gasteiger partial charge in [0.05, 0.1) is 11.2 Å². The number of H-pyrrole nitrogens is 1. The molecule has 0 fully saturated rings. The van der Waals surface area contributed by atoms with Gasteiger partial charge in [0.2, 0.25) is 0 Å². The molecular weight excluding hydrogens is 300 g/mol. The third kappa shape index (κ3) is 3.09. The van der Waals surface area contributed by atoms with Crippen LogP contribution in [0.4, 0.5) is 0 Å². The Bertz CT molecular complexity index is 765. The van der Waals surface area contributed by atoms with Crippen molar-refractivity contribution in [3.8, 4) is 0 Å². The van der Waals surface area contributed by atoms with E-state index in [4.69, 9.17) is 0 Å². The van der Waals surface area contributed by atoms with Gasteiger partial charge in [-0.15, -0.1) is 11.3 Å². The van der Waals surface area contributed by atoms with Crippen molar-refractivity contribution in [1.29, 1.82) is 0 Å². The van der Waals surface area contributed by atoms with E-state index in [1.54, 1.807) is 13.8 Å². The molecule has 22 heavy (non-hydrogen) atoms. The monoisotopic (exact) mass is 320 g/mol. The molecule has 0 radical (unpaired) electrons. The molecule has 0 saturated heterocycles. The van der Waals surface area contributed by atoms with Gasteiger partial charge in [0.15, 0.2) is 5.69 Å². The van der Waals surface area contributed by atoms with Gasteiger partial charge >= 0.3 is 0 Å². The van der Waals surface area contributed by atoms with E-state index in [0.29, 0.717) is 17.8 Å². The predicted octanol–water partition coefficient (Wildman–Crippen LogP) is 2.21. The molecule has 118 valence electrons. The minimum atomic E-state index is -0.622. The van der Waals surface area contributed by atoms with Crippen LogP contribution in [0.1, 0.15) is 52.8 Å². The van der Waals surface area contributed by atoms with E-state index in [-0.39, 0.29) is 5.69 Å². The highest BCUT2D eigenvalue weighted by Crippen LogP contribution is 2.27. The van der Waals surface area contributed by atoms with Crippen LogP contribution >= 0.6 is 11.3 Å². The zero-order valence-electron chi connectivity index (χ0n) is 13.4. The summed E-state index contributed by atoms with van der Waals surface area (Å²) in [5.74, 6) is -0.485. The predicted molar refractivity (Wildman–Crippen MR) is 86.3 cm³/mol. The Hall–Kier alpha value is -2.02. The summed E-state index contributed by atoms with van der Waals surface area (Å²) in [4.78, 5) is 35.6. The average molecular weight is 320 g/mol. The van der Waals surface area contributed by atoms with Crippen molar-refractivity contribution in [1.82, 2.24) is 20.3 Å². The normalized spacial score (nSPS) is 13.7. The van der Waals surface area contributed by atoms with E-state index < -0.39 is 17.0 Å². The summed E-state index contributed by atoms with van der Waals surface area (Å²) < 4.78 is 0. The summed E-state index contributed by atoms with van der Waals surface area (Å²) in [5, 5.41) is 5.66. The van der Waals surface area contributed by atoms with Gasteiger partial charge < -0.3 is 10.3 Å². The lowest BCUT2D eigenvalue weighted by Gasteiger charge is -2.27. The highest BCUT2D eigenvalue weighted by Gasteiger charge is 2.31. The van der Waals surface area contributed by atoms with Crippen LogP contribution in [0, 0.1) is 20.8 Å². The van der Waals surface area contributed by atoms with Gasteiger partial charge in [-0.25, -0.2) is 9.97 Å². The van der Waals surface area contributed by atoms with Crippen molar-refractivity contribution in [3.05, 3.63) is 43.5 Å². The molecule has 0 aliphatic carbocycles. The maximum Gasteiger partial charge on any atom is 0.279 e. The number of thiazole rings is 1. The Balaban J connectivity index is 2.34. The van der Waals surface area contributed by atoms with Crippen LogP contribution in [0.2, 0.25) is 0 Å². The Kier molecular flexibility index (Phi) is 4.46. The molecular formula is C15H20N4O2S. The summed E-state index contributed by atoms with van der Waals surface area (Å²) in [6.07, 6.45) is 0.661. The van der Waals surface area contributed by atoms with E-state index in [1.807, 2.05) is 26.2 Å². The third-order valence-electron chi connectivity index (χ3n) is 3.74. The Morgan fingerprint density at radius 3 is 2.59 bits per heavy atom. The van der Waals surface area contributed by atoms with Crippen molar-refractivity contribution in [2.24, 2.45) is 0 Å². The van der Waals surface area contributed by atoms with Gasteiger partial charge in [-0.1, -0.05) is 6.92 Å². The fourth-order valence-corrected chi connectivity index (χ4v) is 2.97. The molecule has 1 unspecified atom stereocenters. The second kappa shape index (κ2) is 6.00. The molecule has 0 aromatic carbocycles. The summed E-state index contributed by atoms with van der Waals surface area (Å²) >= 11 is 1.50. The van der Waals surface area contributed by atoms with Gasteiger partial charge in [0, 0.05) is 16.8 Å². The van der Waals surface area contributed by atoms with Crippen molar-refractivity contribution in [2.75, 3.05) is 0 Å². The summed E-state index contributed by atoms with van der Waals surface area (Å²) in [5.41, 5.74) is 0.994. The lowest BCUT2D eigenvalue weighted by molar-refractivity contribution is 0.0894. The minimum Gasteiger partial charge on any atom is -0.339 e. The molecule has 2 heterocycles. The Morgan fingerprint density at radius 1 is 1.36 bits per heavy atom. The van der Waals surface area contributed by atoms with Crippen LogP contribution in [0.5, 0.6) is 0 Å². The molecule has 6 nitrogen and oxygen atoms in total. The van der Waals surface area contributed by atoms with Crippen LogP contribution in [-0.2, 0) is 5.54 Å². The largest absolute Gasteiger partial charge is 0.339 e. The highest BCUT2D eigenvalue weighted by molar-refractivity contribution is 7.09. The molecule has 0 aliphatic heterocycles. The number of amides is 1. The number of carbonyl (C=O) groups excluding carboxylic acids is 1. The van der Waals surface area contributed by atoms with Gasteiger partial charge in [-0.3, -0.25) is 9.59 Å². The first kappa shape index (κ1) is 16.4. The number of aromatic amines is 1. The maximum absolute atomic E-state index is 12.5. The zero-order chi connectivity index (χ0) is 16.5. The fraction of sp³-hybridized carbons (Fsp3) is 0.467. The second-order valence-corrected chi connectivity index (χ2v) is 6.42. The van der Waals surface area contributed by atoms with Gasteiger partial charge in [-0.05, 0) is 34.1 Å². The maximum atomic E-state index is 12.5. The zero-order valence-corrected chi connectivity index (χ0v) is 14.2. The summed E-state index contributed by atoms with van der Waals surface area (Å²) in [7, 11) is 0. The molecule has 2 rings (SSSR count). The molecule has 2 aromatic rings. The molecule has 0 saturated carbocycles. The van der Waals surface area contributed by atoms with Crippen LogP contribution in [0.25, 0.3) is 0 Å². The van der Waals surface area contributed by atoms with Gasteiger partial charge in [0.25, 0.3) is 11.5 Å². The van der Waals surface area contributed by atoms with Crippen LogP contribution in [-0.4, -0.2) is 20.9 Å². The van der Waals surface area contributed by atoms with E-state index >= 15 is 0 Å². The topological polar surface area (TPSA) is 87.7 Å². The van der Waals surface area contributed by atoms with E-state index in [9.17, 15) is 9.59 Å². The minimum absolute atomic E-state index is 0.115. The molecule has 0 aliphatic rings. The molecule has 1 amide bonds. The standard InChI is InChI=1S/C15H20N4O2S/c1-6-15(5,14-16-8(2)7-22-14)19-13(21)11-12(20)18-10(4)9(3)17-11/h7H,6H2,1-5H3,(H,18,20)(H,19,21). The highest BCUT2D eigenvalue weighted by atomic mass is 32.1. The van der Waals surface area contributed by atoms with Crippen molar-refractivity contribution in [3.63, 3.8) is 0 Å². The lowest BCUT2D eigenvalue weighted by atomic mass is 9.99. The first-order valence-corrected chi connectivity index (χ1v) is 7.97. The van der Waals surface area contributed by atoms with Gasteiger partial charge in [0.1, 0.15) is 5.01 Å². The lowest BCUT2D eigenvalue weighted by Crippen LogP contribution is -2.45. The van der Waals surface area contributed by atoms with E-state index in [0.717, 1.165) is 10.7 Å². The Morgan fingerprint density at radius 2 is 2.05 bits per heavy atom. The SMILES string of the molecule is CCC(C)(NC(=O)c1nc(C)c(C)[nH]c1=O)c1nc(C)cs1. The molecule has 0 spiro atoms. The van der Waals surface area contributed by atoms with Crippen molar-refractivity contribution in [2.45, 2.75) is 46.6 Å². The molecule has 0 bridgehead atoms. The second-order valence-electron chi connectivity index (χ2n) is 5.56. The third-order valence-corrected chi connectivity index (χ3v) is 4.96. The number of hydrogen-bond donors (Lipinski definition) is 2. The number of hydrogen-bond acceptors (Lipinski definition) is 5. The van der Waals surface area contributed by atoms with Gasteiger partial charge in [-0.2, -0.15) is 0 Å². The van der Waals surface area contributed by atoms with Crippen molar-refractivity contribution >= 4 is 17.2 Å². The Labute approximate surface area is 133 Å². The number of carbonyl (C=O) groups is 1. The molecule has 2 N–H and O–H groups in total. The number of aryl methyl sites for hydroxylation is 3. The summed E-state index contributed by atoms with van der Waals surface area (Å²) in [6.45, 7) is 9.28. The van der Waals surface area contributed by atoms with Crippen molar-refractivity contribution < 1.29 is 4.79 Å². The molecule has 1 atom stereocenters. The first-order valence-electron chi connectivity index (χ1n) is 7.09. The smallest absolute Gasteiger partial charge is 0.279 e. The molecule has 2 aromatic heterocycles. The average Bonchev–Trinajstić information content (AvgIpc) is 2.89. The van der Waals surface area contributed by atoms with Crippen LogP contribution in [0.15, 0.2) is 10.2 Å². The molecule has 7 heteroatoms. The number of rotatable bonds is 4. The quantitative estimate of drug-likeness (QED) is 0.904. The number of nitrogens with one attached hydrogen (secondary N) is 2.